The van der Waals surface area contributed by atoms with Crippen LogP contribution in [-0.4, -0.2) is 67.5 Å². The van der Waals surface area contributed by atoms with Crippen molar-refractivity contribution in [3.05, 3.63) is 29.3 Å². The van der Waals surface area contributed by atoms with Gasteiger partial charge in [-0.2, -0.15) is 13.2 Å². The molecule has 1 aromatic rings. The molecule has 2 rings (SSSR count). The van der Waals surface area contributed by atoms with Crippen LogP contribution in [0.3, 0.4) is 0 Å². The number of nitrogens with one attached hydrogen (secondary N) is 2. The molecule has 0 unspecified atom stereocenters. The number of benzene rings is 1. The van der Waals surface area contributed by atoms with E-state index in [2.05, 4.69) is 21.9 Å². The maximum absolute atomic E-state index is 13.0. The zero-order valence-electron chi connectivity index (χ0n) is 18.1. The second-order valence-electron chi connectivity index (χ2n) is 7.17. The number of amides is 2. The molecule has 0 bridgehead atoms. The average Bonchev–Trinajstić information content (AvgIpc) is 2.84. The van der Waals surface area contributed by atoms with Crippen LogP contribution in [0.1, 0.15) is 35.2 Å². The van der Waals surface area contributed by atoms with E-state index < -0.39 is 49.4 Å². The molecular formula is C21H22F3N5O5. The zero-order chi connectivity index (χ0) is 25.5. The highest BCUT2D eigenvalue weighted by Crippen LogP contribution is 2.26. The number of esters is 2. The monoisotopic (exact) mass is 481 g/mol. The minimum atomic E-state index is -5.33. The third kappa shape index (κ3) is 7.22. The molecule has 2 amide bonds. The first-order valence-corrected chi connectivity index (χ1v) is 9.98. The third-order valence-electron chi connectivity index (χ3n) is 4.63. The smallest absolute Gasteiger partial charge is 0.386 e. The fourth-order valence-corrected chi connectivity index (χ4v) is 2.91. The summed E-state index contributed by atoms with van der Waals surface area (Å²) in [4.78, 5) is 50.1. The number of unbranched alkanes of at least 4 members (excludes halogenated alkanes) is 1. The van der Waals surface area contributed by atoms with Gasteiger partial charge in [-0.15, -0.1) is 0 Å². The molecule has 10 nitrogen and oxygen atoms in total. The molecule has 0 spiro atoms. The quantitative estimate of drug-likeness (QED) is 0.136. The van der Waals surface area contributed by atoms with Crippen molar-refractivity contribution in [2.75, 3.05) is 31.6 Å². The Morgan fingerprint density at radius 1 is 1.29 bits per heavy atom. The van der Waals surface area contributed by atoms with Gasteiger partial charge in [-0.3, -0.25) is 19.8 Å². The van der Waals surface area contributed by atoms with Gasteiger partial charge >= 0.3 is 18.1 Å². The van der Waals surface area contributed by atoms with Crippen molar-refractivity contribution < 1.29 is 37.1 Å². The number of alkyl halides is 3. The van der Waals surface area contributed by atoms with Crippen LogP contribution in [-0.2, 0) is 19.1 Å². The maximum Gasteiger partial charge on any atom is 0.491 e. The number of nitrogens with two attached hydrogens (primary N) is 1. The minimum Gasteiger partial charge on any atom is -0.386 e. The van der Waals surface area contributed by atoms with Gasteiger partial charge in [0.25, 0.3) is 5.91 Å². The number of fused-ring (bicyclic) bond motifs is 1. The molecule has 1 aromatic carbocycles. The molecule has 182 valence electrons. The molecular weight excluding hydrogens is 459 g/mol. The Morgan fingerprint density at radius 2 is 2.00 bits per heavy atom. The molecule has 0 saturated carbocycles. The number of hydrogen-bond acceptors (Lipinski definition) is 6. The summed E-state index contributed by atoms with van der Waals surface area (Å²) >= 11 is 0. The first-order valence-electron chi connectivity index (χ1n) is 9.98. The van der Waals surface area contributed by atoms with Crippen molar-refractivity contribution in [2.45, 2.75) is 25.4 Å². The summed E-state index contributed by atoms with van der Waals surface area (Å²) in [7, 11) is 1.46. The minimum absolute atomic E-state index is 0.123. The molecule has 0 atom stereocenters. The van der Waals surface area contributed by atoms with Gasteiger partial charge in [-0.05, 0) is 24.6 Å². The largest absolute Gasteiger partial charge is 0.491 e. The second-order valence-corrected chi connectivity index (χ2v) is 7.17. The molecule has 1 aliphatic heterocycles. The number of nitrogens with zero attached hydrogens (tertiary/aromatic N) is 2. The van der Waals surface area contributed by atoms with Gasteiger partial charge in [0.05, 0.1) is 17.7 Å². The van der Waals surface area contributed by atoms with Crippen LogP contribution in [0.25, 0.3) is 0 Å². The van der Waals surface area contributed by atoms with Gasteiger partial charge < -0.3 is 25.6 Å². The first kappa shape index (κ1) is 26.2. The summed E-state index contributed by atoms with van der Waals surface area (Å²) in [6, 6.07) is 4.66. The highest BCUT2D eigenvalue weighted by Gasteiger charge is 2.42. The summed E-state index contributed by atoms with van der Waals surface area (Å²) < 4.78 is 40.4. The molecule has 1 aliphatic rings. The lowest BCUT2D eigenvalue weighted by atomic mass is 10.1. The summed E-state index contributed by atoms with van der Waals surface area (Å²) in [6.07, 6.45) is -4.91. The third-order valence-corrected chi connectivity index (χ3v) is 4.63. The topological polar surface area (TPSA) is 146 Å². The van der Waals surface area contributed by atoms with Gasteiger partial charge in [0.15, 0.2) is 5.96 Å². The van der Waals surface area contributed by atoms with E-state index in [1.54, 1.807) is 12.1 Å². The summed E-state index contributed by atoms with van der Waals surface area (Å²) in [5, 5.41) is 9.72. The van der Waals surface area contributed by atoms with Gasteiger partial charge in [0.2, 0.25) is 5.91 Å². The Kier molecular flexibility index (Phi) is 8.60. The van der Waals surface area contributed by atoms with Crippen molar-refractivity contribution in [2.24, 2.45) is 5.73 Å². The molecule has 0 aliphatic carbocycles. The zero-order valence-corrected chi connectivity index (χ0v) is 18.1. The van der Waals surface area contributed by atoms with Gasteiger partial charge in [-0.25, -0.2) is 4.79 Å². The van der Waals surface area contributed by atoms with E-state index in [4.69, 9.17) is 11.1 Å². The molecule has 4 N–H and O–H groups in total. The SMILES string of the molecule is CN1C(=O)CN(CCC(=O)OC(=O)C(F)(F)F)C(=O)c2cc(C#CCCCNC(=N)N)ccc21. The summed E-state index contributed by atoms with van der Waals surface area (Å²) in [5.74, 6) is 0.445. The van der Waals surface area contributed by atoms with Crippen molar-refractivity contribution in [1.82, 2.24) is 10.2 Å². The van der Waals surface area contributed by atoms with E-state index in [1.807, 2.05) is 0 Å². The lowest BCUT2D eigenvalue weighted by molar-refractivity contribution is -0.201. The Balaban J connectivity index is 2.12. The lowest BCUT2D eigenvalue weighted by Gasteiger charge is -2.19. The fourth-order valence-electron chi connectivity index (χ4n) is 2.91. The van der Waals surface area contributed by atoms with Gasteiger partial charge in [0.1, 0.15) is 6.54 Å². The van der Waals surface area contributed by atoms with E-state index in [0.29, 0.717) is 30.6 Å². The Labute approximate surface area is 192 Å². The summed E-state index contributed by atoms with van der Waals surface area (Å²) in [6.45, 7) is -0.374. The van der Waals surface area contributed by atoms with Crippen LogP contribution in [0.4, 0.5) is 18.9 Å². The van der Waals surface area contributed by atoms with E-state index in [0.717, 1.165) is 4.90 Å². The Bertz CT molecular complexity index is 1060. The Morgan fingerprint density at radius 3 is 2.65 bits per heavy atom. The molecule has 0 radical (unpaired) electrons. The highest BCUT2D eigenvalue weighted by molar-refractivity contribution is 6.09. The number of guanidine groups is 1. The van der Waals surface area contributed by atoms with Crippen LogP contribution < -0.4 is 16.0 Å². The average molecular weight is 481 g/mol. The normalized spacial score (nSPS) is 13.4. The van der Waals surface area contributed by atoms with E-state index in [-0.39, 0.29) is 11.5 Å². The lowest BCUT2D eigenvalue weighted by Crippen LogP contribution is -2.39. The number of anilines is 1. The second kappa shape index (κ2) is 11.2. The van der Waals surface area contributed by atoms with Crippen molar-refractivity contribution in [1.29, 1.82) is 5.41 Å². The summed E-state index contributed by atoms with van der Waals surface area (Å²) in [5.41, 5.74) is 6.11. The predicted octanol–water partition coefficient (Wildman–Crippen LogP) is 0.742. The van der Waals surface area contributed by atoms with E-state index in [1.165, 1.54) is 18.0 Å². The van der Waals surface area contributed by atoms with E-state index >= 15 is 0 Å². The maximum atomic E-state index is 13.0. The number of ether oxygens (including phenoxy) is 1. The van der Waals surface area contributed by atoms with E-state index in [9.17, 15) is 32.3 Å². The number of carbonyl (C=O) groups excluding carboxylic acids is 4. The van der Waals surface area contributed by atoms with Crippen LogP contribution in [0.2, 0.25) is 0 Å². The fraction of sp³-hybridized carbons (Fsp3) is 0.381. The number of halogens is 3. The predicted molar refractivity (Wildman–Crippen MR) is 114 cm³/mol. The number of likely N-dealkylation sites (N-methyl/N-ethyl adjacent to an activating group) is 1. The number of rotatable bonds is 6. The standard InChI is InChI=1S/C21H22F3N5O5/c1-28-15-7-6-13(5-3-2-4-9-27-20(25)26)11-14(15)18(32)29(12-16(28)30)10-8-17(31)34-19(33)21(22,23)24/h6-7,11H,2,4,8-10,12H2,1H3,(H4,25,26,27). The molecule has 0 fully saturated rings. The van der Waals surface area contributed by atoms with Gasteiger partial charge in [0, 0.05) is 32.1 Å². The van der Waals surface area contributed by atoms with Crippen molar-refractivity contribution in [3.8, 4) is 11.8 Å². The highest BCUT2D eigenvalue weighted by atomic mass is 19.4. The molecule has 0 aromatic heterocycles. The van der Waals surface area contributed by atoms with Crippen LogP contribution in [0.5, 0.6) is 0 Å². The van der Waals surface area contributed by atoms with Crippen molar-refractivity contribution >= 4 is 35.4 Å². The number of carbonyl (C=O) groups is 4. The molecule has 13 heteroatoms. The molecule has 0 saturated heterocycles. The number of hydrogen-bond donors (Lipinski definition) is 3. The first-order chi connectivity index (χ1) is 15.9. The van der Waals surface area contributed by atoms with Crippen LogP contribution in [0, 0.1) is 17.3 Å². The van der Waals surface area contributed by atoms with Crippen LogP contribution in [0.15, 0.2) is 18.2 Å². The molecule has 1 heterocycles. The van der Waals surface area contributed by atoms with Crippen molar-refractivity contribution in [3.63, 3.8) is 0 Å². The Hall–Kier alpha value is -4.08. The van der Waals surface area contributed by atoms with Gasteiger partial charge in [-0.1, -0.05) is 11.8 Å². The molecule has 34 heavy (non-hydrogen) atoms. The van der Waals surface area contributed by atoms with Crippen LogP contribution >= 0.6 is 0 Å².